The largest absolute Gasteiger partial charge is 0.507 e. The van der Waals surface area contributed by atoms with Gasteiger partial charge in [0.25, 0.3) is 0 Å². The van der Waals surface area contributed by atoms with Crippen molar-refractivity contribution in [2.75, 3.05) is 7.11 Å². The molecule has 0 spiro atoms. The third-order valence-corrected chi connectivity index (χ3v) is 3.19. The molecule has 0 unspecified atom stereocenters. The lowest BCUT2D eigenvalue weighted by atomic mass is 9.97. The number of methoxy groups -OCH3 is 1. The van der Waals surface area contributed by atoms with Crippen LogP contribution >= 0.6 is 0 Å². The molecule has 2 aromatic carbocycles. The Hall–Kier alpha value is -2.23. The molecule has 94 valence electrons. The number of rotatable bonds is 1. The number of phenols is 2. The Bertz CT molecular complexity index is 644. The van der Waals surface area contributed by atoms with Crippen LogP contribution in [0.5, 0.6) is 11.5 Å². The van der Waals surface area contributed by atoms with Gasteiger partial charge in [-0.15, -0.1) is 0 Å². The molecule has 0 heterocycles. The molecular formula is C14H14O4. The van der Waals surface area contributed by atoms with E-state index >= 15 is 0 Å². The molecule has 0 bridgehead atoms. The Morgan fingerprint density at radius 1 is 1.22 bits per heavy atom. The third kappa shape index (κ3) is 1.66. The Kier molecular flexibility index (Phi) is 2.87. The molecule has 4 nitrogen and oxygen atoms in total. The SMILES string of the molecule is COC(=O)c1ccc2c(C)c(C)cc(O)c2c1O. The van der Waals surface area contributed by atoms with E-state index in [9.17, 15) is 15.0 Å². The van der Waals surface area contributed by atoms with Crippen LogP contribution in [0, 0.1) is 13.8 Å². The molecular weight excluding hydrogens is 232 g/mol. The average Bonchev–Trinajstić information content (AvgIpc) is 2.34. The minimum Gasteiger partial charge on any atom is -0.507 e. The van der Waals surface area contributed by atoms with E-state index in [1.54, 1.807) is 12.1 Å². The predicted molar refractivity (Wildman–Crippen MR) is 68.1 cm³/mol. The van der Waals surface area contributed by atoms with E-state index in [1.165, 1.54) is 13.2 Å². The highest BCUT2D eigenvalue weighted by Gasteiger charge is 2.18. The van der Waals surface area contributed by atoms with Gasteiger partial charge in [0, 0.05) is 0 Å². The van der Waals surface area contributed by atoms with Crippen molar-refractivity contribution in [1.29, 1.82) is 0 Å². The van der Waals surface area contributed by atoms with E-state index in [4.69, 9.17) is 0 Å². The molecule has 0 saturated carbocycles. The summed E-state index contributed by atoms with van der Waals surface area (Å²) in [5.41, 5.74) is 1.92. The van der Waals surface area contributed by atoms with Crippen LogP contribution in [0.15, 0.2) is 18.2 Å². The maximum Gasteiger partial charge on any atom is 0.341 e. The van der Waals surface area contributed by atoms with Crippen LogP contribution in [0.3, 0.4) is 0 Å². The Morgan fingerprint density at radius 3 is 2.50 bits per heavy atom. The number of benzene rings is 2. The minimum absolute atomic E-state index is 0.0450. The molecule has 0 aliphatic carbocycles. The summed E-state index contributed by atoms with van der Waals surface area (Å²) in [6.07, 6.45) is 0. The highest BCUT2D eigenvalue weighted by atomic mass is 16.5. The Balaban J connectivity index is 2.87. The van der Waals surface area contributed by atoms with Gasteiger partial charge in [-0.05, 0) is 42.5 Å². The molecule has 0 fully saturated rings. The summed E-state index contributed by atoms with van der Waals surface area (Å²) in [7, 11) is 1.24. The molecule has 0 radical (unpaired) electrons. The first-order valence-electron chi connectivity index (χ1n) is 5.50. The van der Waals surface area contributed by atoms with Crippen LogP contribution in [0.2, 0.25) is 0 Å². The van der Waals surface area contributed by atoms with Crippen LogP contribution in [-0.2, 0) is 4.74 Å². The summed E-state index contributed by atoms with van der Waals surface area (Å²) in [4.78, 5) is 11.5. The summed E-state index contributed by atoms with van der Waals surface area (Å²) in [6.45, 7) is 3.77. The zero-order valence-electron chi connectivity index (χ0n) is 10.4. The fraction of sp³-hybridized carbons (Fsp3) is 0.214. The molecule has 2 rings (SSSR count). The van der Waals surface area contributed by atoms with E-state index in [0.717, 1.165) is 16.5 Å². The number of hydrogen-bond acceptors (Lipinski definition) is 4. The van der Waals surface area contributed by atoms with Crippen molar-refractivity contribution in [2.45, 2.75) is 13.8 Å². The first-order chi connectivity index (χ1) is 8.47. The van der Waals surface area contributed by atoms with E-state index in [2.05, 4.69) is 4.74 Å². The van der Waals surface area contributed by atoms with Crippen molar-refractivity contribution in [3.63, 3.8) is 0 Å². The van der Waals surface area contributed by atoms with Crippen molar-refractivity contribution in [1.82, 2.24) is 0 Å². The summed E-state index contributed by atoms with van der Waals surface area (Å²) in [6, 6.07) is 4.76. The molecule has 0 saturated heterocycles. The quantitative estimate of drug-likeness (QED) is 0.759. The second-order valence-electron chi connectivity index (χ2n) is 4.21. The van der Waals surface area contributed by atoms with Gasteiger partial charge < -0.3 is 14.9 Å². The van der Waals surface area contributed by atoms with E-state index in [0.29, 0.717) is 0 Å². The van der Waals surface area contributed by atoms with Crippen molar-refractivity contribution < 1.29 is 19.7 Å². The lowest BCUT2D eigenvalue weighted by molar-refractivity contribution is 0.0598. The van der Waals surface area contributed by atoms with Crippen LogP contribution in [0.25, 0.3) is 10.8 Å². The smallest absolute Gasteiger partial charge is 0.341 e. The first-order valence-corrected chi connectivity index (χ1v) is 5.50. The number of hydrogen-bond donors (Lipinski definition) is 2. The van der Waals surface area contributed by atoms with Crippen LogP contribution in [-0.4, -0.2) is 23.3 Å². The number of aryl methyl sites for hydroxylation is 2. The van der Waals surface area contributed by atoms with E-state index in [1.807, 2.05) is 13.8 Å². The zero-order valence-corrected chi connectivity index (χ0v) is 10.4. The van der Waals surface area contributed by atoms with Crippen LogP contribution < -0.4 is 0 Å². The monoisotopic (exact) mass is 246 g/mol. The van der Waals surface area contributed by atoms with Gasteiger partial charge in [-0.3, -0.25) is 0 Å². The van der Waals surface area contributed by atoms with Gasteiger partial charge in [0.1, 0.15) is 17.1 Å². The molecule has 0 aliphatic rings. The lowest BCUT2D eigenvalue weighted by Crippen LogP contribution is -2.02. The number of fused-ring (bicyclic) bond motifs is 1. The fourth-order valence-corrected chi connectivity index (χ4v) is 2.04. The standard InChI is InChI=1S/C14H14O4/c1-7-6-11(15)12-9(8(7)2)4-5-10(13(12)16)14(17)18-3/h4-6,15-16H,1-3H3. The van der Waals surface area contributed by atoms with Gasteiger partial charge in [-0.2, -0.15) is 0 Å². The topological polar surface area (TPSA) is 66.8 Å². The minimum atomic E-state index is -0.632. The van der Waals surface area contributed by atoms with Gasteiger partial charge in [-0.1, -0.05) is 6.07 Å². The number of carbonyl (C=O) groups is 1. The Morgan fingerprint density at radius 2 is 1.89 bits per heavy atom. The fourth-order valence-electron chi connectivity index (χ4n) is 2.04. The second-order valence-corrected chi connectivity index (χ2v) is 4.21. The molecule has 2 aromatic rings. The highest BCUT2D eigenvalue weighted by Crippen LogP contribution is 2.38. The maximum atomic E-state index is 11.5. The van der Waals surface area contributed by atoms with Crippen molar-refractivity contribution in [3.8, 4) is 11.5 Å². The van der Waals surface area contributed by atoms with Gasteiger partial charge in [0.05, 0.1) is 12.5 Å². The maximum absolute atomic E-state index is 11.5. The summed E-state index contributed by atoms with van der Waals surface area (Å²) < 4.78 is 4.58. The van der Waals surface area contributed by atoms with E-state index in [-0.39, 0.29) is 22.4 Å². The summed E-state index contributed by atoms with van der Waals surface area (Å²) in [5, 5.41) is 21.0. The number of aromatic hydroxyl groups is 2. The normalized spacial score (nSPS) is 10.6. The first kappa shape index (κ1) is 12.2. The predicted octanol–water partition coefficient (Wildman–Crippen LogP) is 2.65. The van der Waals surface area contributed by atoms with Gasteiger partial charge in [-0.25, -0.2) is 4.79 Å². The number of ether oxygens (including phenoxy) is 1. The molecule has 0 amide bonds. The summed E-state index contributed by atoms with van der Waals surface area (Å²) >= 11 is 0. The highest BCUT2D eigenvalue weighted by molar-refractivity contribution is 6.04. The Labute approximate surface area is 104 Å². The molecule has 0 atom stereocenters. The van der Waals surface area contributed by atoms with Crippen LogP contribution in [0.4, 0.5) is 0 Å². The van der Waals surface area contributed by atoms with Gasteiger partial charge in [0.2, 0.25) is 0 Å². The van der Waals surface area contributed by atoms with Crippen molar-refractivity contribution in [3.05, 3.63) is 34.9 Å². The molecule has 0 aliphatic heterocycles. The molecule has 0 aromatic heterocycles. The zero-order chi connectivity index (χ0) is 13.4. The number of carbonyl (C=O) groups excluding carboxylic acids is 1. The number of phenolic OH excluding ortho intramolecular Hbond substituents is 2. The molecule has 2 N–H and O–H groups in total. The van der Waals surface area contributed by atoms with Gasteiger partial charge >= 0.3 is 5.97 Å². The van der Waals surface area contributed by atoms with E-state index < -0.39 is 5.97 Å². The lowest BCUT2D eigenvalue weighted by Gasteiger charge is -2.11. The van der Waals surface area contributed by atoms with Crippen LogP contribution in [0.1, 0.15) is 21.5 Å². The van der Waals surface area contributed by atoms with Crippen molar-refractivity contribution in [2.24, 2.45) is 0 Å². The molecule has 4 heteroatoms. The summed E-state index contributed by atoms with van der Waals surface area (Å²) in [5.74, 6) is -0.927. The van der Waals surface area contributed by atoms with Crippen molar-refractivity contribution >= 4 is 16.7 Å². The van der Waals surface area contributed by atoms with Gasteiger partial charge in [0.15, 0.2) is 0 Å². The number of esters is 1. The second kappa shape index (κ2) is 4.22. The average molecular weight is 246 g/mol. The molecule has 18 heavy (non-hydrogen) atoms. The third-order valence-electron chi connectivity index (χ3n) is 3.19.